The molecule has 0 bridgehead atoms. The second-order valence-corrected chi connectivity index (χ2v) is 7.25. The summed E-state index contributed by atoms with van der Waals surface area (Å²) >= 11 is 0. The number of rotatable bonds is 6. The van der Waals surface area contributed by atoms with E-state index >= 15 is 0 Å². The van der Waals surface area contributed by atoms with Crippen LogP contribution in [0, 0.1) is 0 Å². The second-order valence-electron chi connectivity index (χ2n) is 7.25. The first-order chi connectivity index (χ1) is 13.5. The average Bonchev–Trinajstić information content (AvgIpc) is 2.70. The molecule has 2 aliphatic rings. The Labute approximate surface area is 165 Å². The summed E-state index contributed by atoms with van der Waals surface area (Å²) in [7, 11) is 3.18. The van der Waals surface area contributed by atoms with Crippen LogP contribution in [0.15, 0.2) is 18.2 Å². The van der Waals surface area contributed by atoms with Crippen molar-refractivity contribution in [3.8, 4) is 11.5 Å². The fourth-order valence-corrected chi connectivity index (χ4v) is 3.88. The van der Waals surface area contributed by atoms with Crippen molar-refractivity contribution in [3.63, 3.8) is 0 Å². The van der Waals surface area contributed by atoms with Crippen molar-refractivity contribution >= 4 is 11.8 Å². The molecule has 3 rings (SSSR count). The smallest absolute Gasteiger partial charge is 0.237 e. The maximum absolute atomic E-state index is 12.7. The number of aliphatic hydroxyl groups excluding tert-OH is 1. The van der Waals surface area contributed by atoms with Gasteiger partial charge in [-0.05, 0) is 18.9 Å². The minimum Gasteiger partial charge on any atom is -0.493 e. The van der Waals surface area contributed by atoms with Crippen LogP contribution in [0.1, 0.15) is 24.8 Å². The number of nitrogens with zero attached hydrogens (tertiary/aromatic N) is 2. The number of hydrogen-bond acceptors (Lipinski definition) is 6. The largest absolute Gasteiger partial charge is 0.493 e. The van der Waals surface area contributed by atoms with Crippen molar-refractivity contribution < 1.29 is 24.2 Å². The van der Waals surface area contributed by atoms with Crippen molar-refractivity contribution in [1.82, 2.24) is 15.1 Å². The van der Waals surface area contributed by atoms with Gasteiger partial charge < -0.3 is 24.8 Å². The van der Waals surface area contributed by atoms with E-state index < -0.39 is 6.04 Å². The number of carbonyl (C=O) groups excluding carboxylic acids is 2. The molecule has 2 N–H and O–H groups in total. The van der Waals surface area contributed by atoms with E-state index in [4.69, 9.17) is 9.47 Å². The molecule has 0 saturated carbocycles. The Bertz CT molecular complexity index is 703. The Morgan fingerprint density at radius 1 is 1.21 bits per heavy atom. The topological polar surface area (TPSA) is 91.3 Å². The van der Waals surface area contributed by atoms with Gasteiger partial charge in [0.2, 0.25) is 11.8 Å². The van der Waals surface area contributed by atoms with Crippen LogP contribution in [0.3, 0.4) is 0 Å². The highest BCUT2D eigenvalue weighted by molar-refractivity contribution is 5.88. The van der Waals surface area contributed by atoms with Gasteiger partial charge in [-0.3, -0.25) is 14.5 Å². The Hall–Kier alpha value is -2.32. The van der Waals surface area contributed by atoms with Crippen LogP contribution in [-0.4, -0.2) is 79.3 Å². The van der Waals surface area contributed by atoms with Gasteiger partial charge >= 0.3 is 0 Å². The lowest BCUT2D eigenvalue weighted by molar-refractivity contribution is -0.140. The van der Waals surface area contributed by atoms with E-state index in [1.54, 1.807) is 19.1 Å². The first kappa shape index (κ1) is 20.4. The van der Waals surface area contributed by atoms with Gasteiger partial charge in [0.15, 0.2) is 11.5 Å². The van der Waals surface area contributed by atoms with Crippen molar-refractivity contribution in [2.24, 2.45) is 0 Å². The van der Waals surface area contributed by atoms with Gasteiger partial charge in [-0.25, -0.2) is 0 Å². The molecular formula is C20H29N3O5. The molecule has 0 radical (unpaired) electrons. The summed E-state index contributed by atoms with van der Waals surface area (Å²) in [4.78, 5) is 29.0. The van der Waals surface area contributed by atoms with Crippen molar-refractivity contribution in [1.29, 1.82) is 0 Å². The van der Waals surface area contributed by atoms with Crippen molar-refractivity contribution in [2.45, 2.75) is 38.0 Å². The summed E-state index contributed by atoms with van der Waals surface area (Å²) in [5.41, 5.74) is 0.912. The quantitative estimate of drug-likeness (QED) is 0.729. The highest BCUT2D eigenvalue weighted by Crippen LogP contribution is 2.32. The molecule has 0 aliphatic carbocycles. The lowest BCUT2D eigenvalue weighted by Gasteiger charge is -2.37. The summed E-state index contributed by atoms with van der Waals surface area (Å²) in [6.07, 6.45) is 0.980. The number of aliphatic hydroxyl groups is 1. The SMILES string of the molecule is COc1cccc(CN2CCNC(=O)C2CC(=O)N2CCC(O)CC2)c1OC. The molecule has 0 aromatic heterocycles. The monoisotopic (exact) mass is 391 g/mol. The number of hydrogen-bond donors (Lipinski definition) is 2. The van der Waals surface area contributed by atoms with Crippen LogP contribution in [0.5, 0.6) is 11.5 Å². The first-order valence-corrected chi connectivity index (χ1v) is 9.71. The number of carbonyl (C=O) groups is 2. The second kappa shape index (κ2) is 9.25. The highest BCUT2D eigenvalue weighted by Gasteiger charge is 2.34. The maximum atomic E-state index is 12.7. The number of piperidine rings is 1. The Kier molecular flexibility index (Phi) is 6.74. The normalized spacial score (nSPS) is 21.3. The zero-order valence-electron chi connectivity index (χ0n) is 16.5. The molecule has 1 aromatic carbocycles. The summed E-state index contributed by atoms with van der Waals surface area (Å²) < 4.78 is 10.9. The van der Waals surface area contributed by atoms with Gasteiger partial charge in [-0.15, -0.1) is 0 Å². The van der Waals surface area contributed by atoms with Crippen LogP contribution in [-0.2, 0) is 16.1 Å². The van der Waals surface area contributed by atoms with E-state index in [0.717, 1.165) is 5.56 Å². The average molecular weight is 391 g/mol. The van der Waals surface area contributed by atoms with Crippen LogP contribution < -0.4 is 14.8 Å². The molecule has 1 unspecified atom stereocenters. The van der Waals surface area contributed by atoms with Gasteiger partial charge in [0, 0.05) is 38.3 Å². The minimum absolute atomic E-state index is 0.0449. The molecule has 0 spiro atoms. The zero-order valence-corrected chi connectivity index (χ0v) is 16.5. The van der Waals surface area contributed by atoms with Gasteiger partial charge in [0.05, 0.1) is 32.8 Å². The van der Waals surface area contributed by atoms with Crippen LogP contribution in [0.2, 0.25) is 0 Å². The fourth-order valence-electron chi connectivity index (χ4n) is 3.88. The summed E-state index contributed by atoms with van der Waals surface area (Å²) in [5, 5.41) is 12.5. The number of nitrogens with one attached hydrogen (secondary N) is 1. The van der Waals surface area contributed by atoms with Gasteiger partial charge in [0.25, 0.3) is 0 Å². The molecule has 8 nitrogen and oxygen atoms in total. The van der Waals surface area contributed by atoms with E-state index in [1.807, 2.05) is 23.1 Å². The Morgan fingerprint density at radius 3 is 2.64 bits per heavy atom. The van der Waals surface area contributed by atoms with E-state index in [0.29, 0.717) is 57.1 Å². The molecule has 2 aliphatic heterocycles. The number of benzene rings is 1. The standard InChI is InChI=1S/C20H29N3O5/c1-27-17-5-3-4-14(19(17)28-2)13-23-11-8-21-20(26)16(23)12-18(25)22-9-6-15(24)7-10-22/h3-5,15-16,24H,6-13H2,1-2H3,(H,21,26). The van der Waals surface area contributed by atoms with E-state index in [-0.39, 0.29) is 24.3 Å². The molecule has 2 amide bonds. The molecular weight excluding hydrogens is 362 g/mol. The van der Waals surface area contributed by atoms with Crippen LogP contribution in [0.4, 0.5) is 0 Å². The Balaban J connectivity index is 1.72. The number of piperazine rings is 1. The molecule has 2 heterocycles. The number of para-hydroxylation sites is 1. The number of likely N-dealkylation sites (tertiary alicyclic amines) is 1. The summed E-state index contributed by atoms with van der Waals surface area (Å²) in [5.74, 6) is 1.11. The summed E-state index contributed by atoms with van der Waals surface area (Å²) in [6.45, 7) is 2.77. The predicted octanol–water partition coefficient (Wildman–Crippen LogP) is 0.378. The van der Waals surface area contributed by atoms with Crippen LogP contribution >= 0.6 is 0 Å². The third-order valence-corrected chi connectivity index (χ3v) is 5.48. The van der Waals surface area contributed by atoms with Gasteiger partial charge in [0.1, 0.15) is 0 Å². The molecule has 154 valence electrons. The third kappa shape index (κ3) is 4.56. The lowest BCUT2D eigenvalue weighted by atomic mass is 10.0. The highest BCUT2D eigenvalue weighted by atomic mass is 16.5. The molecule has 1 aromatic rings. The Morgan fingerprint density at radius 2 is 1.96 bits per heavy atom. The molecule has 2 saturated heterocycles. The minimum atomic E-state index is -0.524. The fraction of sp³-hybridized carbons (Fsp3) is 0.600. The lowest BCUT2D eigenvalue weighted by Crippen LogP contribution is -2.56. The van der Waals surface area contributed by atoms with Gasteiger partial charge in [-0.2, -0.15) is 0 Å². The molecule has 1 atom stereocenters. The third-order valence-electron chi connectivity index (χ3n) is 5.48. The van der Waals surface area contributed by atoms with Crippen LogP contribution in [0.25, 0.3) is 0 Å². The number of methoxy groups -OCH3 is 2. The number of ether oxygens (including phenoxy) is 2. The predicted molar refractivity (Wildman–Crippen MR) is 103 cm³/mol. The van der Waals surface area contributed by atoms with E-state index in [9.17, 15) is 14.7 Å². The van der Waals surface area contributed by atoms with E-state index in [1.165, 1.54) is 0 Å². The van der Waals surface area contributed by atoms with E-state index in [2.05, 4.69) is 5.32 Å². The number of amides is 2. The molecule has 8 heteroatoms. The first-order valence-electron chi connectivity index (χ1n) is 9.71. The molecule has 28 heavy (non-hydrogen) atoms. The van der Waals surface area contributed by atoms with Crippen molar-refractivity contribution in [2.75, 3.05) is 40.4 Å². The summed E-state index contributed by atoms with van der Waals surface area (Å²) in [6, 6.07) is 5.14. The molecule has 2 fully saturated rings. The van der Waals surface area contributed by atoms with Crippen molar-refractivity contribution in [3.05, 3.63) is 23.8 Å². The van der Waals surface area contributed by atoms with Gasteiger partial charge in [-0.1, -0.05) is 12.1 Å². The zero-order chi connectivity index (χ0) is 20.1. The maximum Gasteiger partial charge on any atom is 0.237 e.